The van der Waals surface area contributed by atoms with E-state index >= 15 is 0 Å². The molecule has 0 aliphatic rings. The lowest BCUT2D eigenvalue weighted by Crippen LogP contribution is -2.13. The predicted molar refractivity (Wildman–Crippen MR) is 104 cm³/mol. The molecule has 1 aromatic heterocycles. The zero-order chi connectivity index (χ0) is 20.3. The molecule has 0 saturated carbocycles. The predicted octanol–water partition coefficient (Wildman–Crippen LogP) is 3.97. The first kappa shape index (κ1) is 19.3. The molecule has 0 fully saturated rings. The molecule has 0 amide bonds. The number of imidazole rings is 1. The Morgan fingerprint density at radius 2 is 2.00 bits per heavy atom. The van der Waals surface area contributed by atoms with Crippen LogP contribution in [-0.4, -0.2) is 32.2 Å². The normalized spacial score (nSPS) is 12.1. The maximum atomic E-state index is 11.2. The van der Waals surface area contributed by atoms with Crippen LogP contribution in [0.5, 0.6) is 5.75 Å². The fraction of sp³-hybridized carbons (Fsp3) is 0.300. The van der Waals surface area contributed by atoms with Gasteiger partial charge in [0, 0.05) is 24.6 Å². The fourth-order valence-electron chi connectivity index (χ4n) is 3.26. The van der Waals surface area contributed by atoms with Crippen LogP contribution in [0.3, 0.4) is 0 Å². The number of hydrogen-bond donors (Lipinski definition) is 1. The number of aliphatic carboxylic acids is 1. The van der Waals surface area contributed by atoms with Crippen molar-refractivity contribution >= 4 is 22.7 Å². The molecule has 0 saturated heterocycles. The van der Waals surface area contributed by atoms with Crippen molar-refractivity contribution in [1.29, 1.82) is 0 Å². The summed E-state index contributed by atoms with van der Waals surface area (Å²) in [4.78, 5) is 26.4. The summed E-state index contributed by atoms with van der Waals surface area (Å²) in [6.07, 6.45) is 0.400. The van der Waals surface area contributed by atoms with Gasteiger partial charge in [-0.25, -0.2) is 4.98 Å². The minimum absolute atomic E-state index is 0.0457. The van der Waals surface area contributed by atoms with E-state index in [9.17, 15) is 20.0 Å². The second-order valence-corrected chi connectivity index (χ2v) is 6.53. The highest BCUT2D eigenvalue weighted by atomic mass is 16.6. The topological polar surface area (TPSA) is 107 Å². The summed E-state index contributed by atoms with van der Waals surface area (Å²) in [5.74, 6) is 0.520. The highest BCUT2D eigenvalue weighted by Crippen LogP contribution is 2.28. The lowest BCUT2D eigenvalue weighted by atomic mass is 10.1. The maximum absolute atomic E-state index is 11.2. The van der Waals surface area contributed by atoms with Gasteiger partial charge in [0.25, 0.3) is 5.69 Å². The number of benzene rings is 2. The Labute approximate surface area is 161 Å². The summed E-state index contributed by atoms with van der Waals surface area (Å²) in [5, 5.41) is 20.3. The van der Waals surface area contributed by atoms with Crippen LogP contribution in [0.2, 0.25) is 0 Å². The van der Waals surface area contributed by atoms with Crippen molar-refractivity contribution in [1.82, 2.24) is 9.55 Å². The summed E-state index contributed by atoms with van der Waals surface area (Å²) in [6, 6.07) is 11.7. The Kier molecular flexibility index (Phi) is 5.58. The molecule has 0 bridgehead atoms. The van der Waals surface area contributed by atoms with E-state index in [0.717, 1.165) is 11.3 Å². The smallest absolute Gasteiger partial charge is 0.305 e. The van der Waals surface area contributed by atoms with E-state index < -0.39 is 10.9 Å². The van der Waals surface area contributed by atoms with Gasteiger partial charge in [-0.1, -0.05) is 12.1 Å². The standard InChI is InChI=1S/C20H21N3O5/c1-3-28-16-7-4-14(5-8-16)11-19-21-17-12-15(23(26)27)6-9-18(17)22(19)13(2)10-20(24)25/h4-9,12-13H,3,10-11H2,1-2H3,(H,24,25). The van der Waals surface area contributed by atoms with E-state index in [0.29, 0.717) is 29.9 Å². The van der Waals surface area contributed by atoms with E-state index in [1.54, 1.807) is 13.0 Å². The third kappa shape index (κ3) is 4.11. The zero-order valence-corrected chi connectivity index (χ0v) is 15.7. The first-order chi connectivity index (χ1) is 13.4. The van der Waals surface area contributed by atoms with Gasteiger partial charge in [-0.15, -0.1) is 0 Å². The van der Waals surface area contributed by atoms with Gasteiger partial charge in [0.15, 0.2) is 0 Å². The molecule has 1 N–H and O–H groups in total. The summed E-state index contributed by atoms with van der Waals surface area (Å²) in [6.45, 7) is 4.30. The number of nitro groups is 1. The summed E-state index contributed by atoms with van der Waals surface area (Å²) in [7, 11) is 0. The Morgan fingerprint density at radius 3 is 2.61 bits per heavy atom. The molecule has 1 unspecified atom stereocenters. The number of rotatable bonds is 8. The molecular formula is C20H21N3O5. The second kappa shape index (κ2) is 8.08. The fourth-order valence-corrected chi connectivity index (χ4v) is 3.26. The number of fused-ring (bicyclic) bond motifs is 1. The summed E-state index contributed by atoms with van der Waals surface area (Å²) >= 11 is 0. The minimum Gasteiger partial charge on any atom is -0.494 e. The van der Waals surface area contributed by atoms with E-state index in [2.05, 4.69) is 4.98 Å². The van der Waals surface area contributed by atoms with Gasteiger partial charge in [-0.2, -0.15) is 0 Å². The zero-order valence-electron chi connectivity index (χ0n) is 15.7. The molecule has 0 radical (unpaired) electrons. The van der Waals surface area contributed by atoms with Gasteiger partial charge in [0.2, 0.25) is 0 Å². The quantitative estimate of drug-likeness (QED) is 0.466. The van der Waals surface area contributed by atoms with Gasteiger partial charge in [-0.05, 0) is 37.6 Å². The van der Waals surface area contributed by atoms with Crippen LogP contribution in [0.4, 0.5) is 5.69 Å². The van der Waals surface area contributed by atoms with Crippen molar-refractivity contribution in [3.8, 4) is 5.75 Å². The number of carboxylic acids is 1. The van der Waals surface area contributed by atoms with Gasteiger partial charge >= 0.3 is 5.97 Å². The van der Waals surface area contributed by atoms with Crippen LogP contribution >= 0.6 is 0 Å². The Morgan fingerprint density at radius 1 is 1.29 bits per heavy atom. The first-order valence-corrected chi connectivity index (χ1v) is 8.97. The molecule has 146 valence electrons. The molecule has 3 rings (SSSR count). The molecule has 0 spiro atoms. The highest BCUT2D eigenvalue weighted by Gasteiger charge is 2.20. The molecule has 1 heterocycles. The SMILES string of the molecule is CCOc1ccc(Cc2nc3cc([N+](=O)[O-])ccc3n2C(C)CC(=O)O)cc1. The number of nitro benzene ring substituents is 1. The molecule has 3 aromatic rings. The molecule has 0 aliphatic heterocycles. The number of ether oxygens (including phenoxy) is 1. The van der Waals surface area contributed by atoms with Crippen molar-refractivity contribution in [2.75, 3.05) is 6.61 Å². The van der Waals surface area contributed by atoms with Crippen LogP contribution < -0.4 is 4.74 Å². The Hall–Kier alpha value is -3.42. The van der Waals surface area contributed by atoms with Crippen molar-refractivity contribution in [2.45, 2.75) is 32.7 Å². The third-order valence-electron chi connectivity index (χ3n) is 4.46. The van der Waals surface area contributed by atoms with Crippen molar-refractivity contribution in [3.63, 3.8) is 0 Å². The second-order valence-electron chi connectivity index (χ2n) is 6.53. The number of aromatic nitrogens is 2. The molecule has 0 aliphatic carbocycles. The average molecular weight is 383 g/mol. The summed E-state index contributed by atoms with van der Waals surface area (Å²) in [5.41, 5.74) is 2.10. The van der Waals surface area contributed by atoms with E-state index in [1.165, 1.54) is 12.1 Å². The van der Waals surface area contributed by atoms with Gasteiger partial charge in [0.1, 0.15) is 11.6 Å². The van der Waals surface area contributed by atoms with Crippen molar-refractivity contribution < 1.29 is 19.6 Å². The minimum atomic E-state index is -0.914. The van der Waals surface area contributed by atoms with Crippen molar-refractivity contribution in [2.24, 2.45) is 0 Å². The van der Waals surface area contributed by atoms with E-state index in [4.69, 9.17) is 4.74 Å². The molecule has 8 heteroatoms. The molecule has 2 aromatic carbocycles. The highest BCUT2D eigenvalue weighted by molar-refractivity contribution is 5.79. The number of carbonyl (C=O) groups is 1. The molecule has 8 nitrogen and oxygen atoms in total. The number of carboxylic acid groups (broad SMARTS) is 1. The number of non-ortho nitro benzene ring substituents is 1. The van der Waals surface area contributed by atoms with Crippen LogP contribution in [-0.2, 0) is 11.2 Å². The van der Waals surface area contributed by atoms with Crippen LogP contribution in [0.25, 0.3) is 11.0 Å². The first-order valence-electron chi connectivity index (χ1n) is 8.97. The van der Waals surface area contributed by atoms with E-state index in [1.807, 2.05) is 35.8 Å². The molecular weight excluding hydrogens is 362 g/mol. The number of hydrogen-bond acceptors (Lipinski definition) is 5. The van der Waals surface area contributed by atoms with E-state index in [-0.39, 0.29) is 18.2 Å². The number of nitrogens with zero attached hydrogens (tertiary/aromatic N) is 3. The monoisotopic (exact) mass is 383 g/mol. The van der Waals surface area contributed by atoms with Crippen LogP contribution in [0.1, 0.15) is 37.7 Å². The van der Waals surface area contributed by atoms with Gasteiger partial charge in [0.05, 0.1) is 29.0 Å². The average Bonchev–Trinajstić information content (AvgIpc) is 3.00. The molecule has 28 heavy (non-hydrogen) atoms. The van der Waals surface area contributed by atoms with Crippen molar-refractivity contribution in [3.05, 3.63) is 64.0 Å². The maximum Gasteiger partial charge on any atom is 0.305 e. The molecule has 1 atom stereocenters. The Balaban J connectivity index is 2.03. The lowest BCUT2D eigenvalue weighted by molar-refractivity contribution is -0.384. The van der Waals surface area contributed by atoms with Gasteiger partial charge < -0.3 is 14.4 Å². The lowest BCUT2D eigenvalue weighted by Gasteiger charge is -2.16. The van der Waals surface area contributed by atoms with Gasteiger partial charge in [-0.3, -0.25) is 14.9 Å². The summed E-state index contributed by atoms with van der Waals surface area (Å²) < 4.78 is 7.30. The Bertz CT molecular complexity index is 1010. The largest absolute Gasteiger partial charge is 0.494 e. The van der Waals surface area contributed by atoms with Crippen LogP contribution in [0.15, 0.2) is 42.5 Å². The third-order valence-corrected chi connectivity index (χ3v) is 4.46. The van der Waals surface area contributed by atoms with Crippen LogP contribution in [0, 0.1) is 10.1 Å².